The van der Waals surface area contributed by atoms with Crippen LogP contribution in [0, 0.1) is 6.92 Å². The first-order valence-corrected chi connectivity index (χ1v) is 11.0. The van der Waals surface area contributed by atoms with Gasteiger partial charge in [-0.25, -0.2) is 4.98 Å². The summed E-state index contributed by atoms with van der Waals surface area (Å²) in [5, 5.41) is 12.3. The van der Waals surface area contributed by atoms with E-state index in [1.807, 2.05) is 77.8 Å². The van der Waals surface area contributed by atoms with Crippen molar-refractivity contribution in [2.75, 3.05) is 5.75 Å². The third-order valence-electron chi connectivity index (χ3n) is 4.97. The van der Waals surface area contributed by atoms with E-state index in [9.17, 15) is 4.79 Å². The lowest BCUT2D eigenvalue weighted by molar-refractivity contribution is -0.119. The Kier molecular flexibility index (Phi) is 6.47. The van der Waals surface area contributed by atoms with Gasteiger partial charge in [0.2, 0.25) is 5.91 Å². The molecule has 0 aliphatic heterocycles. The second-order valence-corrected chi connectivity index (χ2v) is 8.14. The molecule has 1 amide bonds. The SMILES string of the molecule is Cc1nnc(SCC(=O)N[C@H](c2ccccc2)c2nccn2C)n1Cc1ccccc1. The van der Waals surface area contributed by atoms with E-state index in [-0.39, 0.29) is 17.7 Å². The molecule has 4 rings (SSSR count). The topological polar surface area (TPSA) is 77.6 Å². The van der Waals surface area contributed by atoms with E-state index in [1.165, 1.54) is 11.8 Å². The summed E-state index contributed by atoms with van der Waals surface area (Å²) in [4.78, 5) is 17.3. The highest BCUT2D eigenvalue weighted by molar-refractivity contribution is 7.99. The molecule has 2 heterocycles. The van der Waals surface area contributed by atoms with Crippen LogP contribution < -0.4 is 5.32 Å². The van der Waals surface area contributed by atoms with Crippen LogP contribution in [0.15, 0.2) is 78.2 Å². The molecule has 4 aromatic rings. The molecule has 1 N–H and O–H groups in total. The maximum atomic E-state index is 12.9. The third kappa shape index (κ3) is 5.03. The molecule has 0 aliphatic carbocycles. The Morgan fingerprint density at radius 2 is 1.77 bits per heavy atom. The van der Waals surface area contributed by atoms with E-state index in [2.05, 4.69) is 32.6 Å². The van der Waals surface area contributed by atoms with Crippen molar-refractivity contribution in [3.63, 3.8) is 0 Å². The van der Waals surface area contributed by atoms with E-state index in [0.29, 0.717) is 6.54 Å². The highest BCUT2D eigenvalue weighted by Crippen LogP contribution is 2.22. The molecular weight excluding hydrogens is 408 g/mol. The normalized spacial score (nSPS) is 11.9. The Morgan fingerprint density at radius 1 is 1.06 bits per heavy atom. The second kappa shape index (κ2) is 9.61. The molecule has 0 radical (unpaired) electrons. The number of benzene rings is 2. The first kappa shape index (κ1) is 20.9. The van der Waals surface area contributed by atoms with E-state index in [0.717, 1.165) is 27.9 Å². The number of aryl methyl sites for hydroxylation is 2. The number of aromatic nitrogens is 5. The molecule has 8 heteroatoms. The Bertz CT molecular complexity index is 1140. The van der Waals surface area contributed by atoms with Gasteiger partial charge < -0.3 is 14.5 Å². The molecule has 0 bridgehead atoms. The second-order valence-electron chi connectivity index (χ2n) is 7.20. The largest absolute Gasteiger partial charge is 0.341 e. The number of hydrogen-bond acceptors (Lipinski definition) is 5. The standard InChI is InChI=1S/C23H24N6OS/c1-17-26-27-23(29(17)15-18-9-5-3-6-10-18)31-16-20(30)25-21(19-11-7-4-8-12-19)22-24-13-14-28(22)2/h3-14,21H,15-16H2,1-2H3,(H,25,30)/t21-/m1/s1. The summed E-state index contributed by atoms with van der Waals surface area (Å²) in [5.74, 6) is 1.75. The highest BCUT2D eigenvalue weighted by Gasteiger charge is 2.21. The summed E-state index contributed by atoms with van der Waals surface area (Å²) in [6.07, 6.45) is 3.61. The van der Waals surface area contributed by atoms with Crippen molar-refractivity contribution in [3.8, 4) is 0 Å². The molecule has 31 heavy (non-hydrogen) atoms. The van der Waals surface area contributed by atoms with Crippen LogP contribution in [0.25, 0.3) is 0 Å². The zero-order valence-electron chi connectivity index (χ0n) is 17.5. The summed E-state index contributed by atoms with van der Waals surface area (Å²) < 4.78 is 3.95. The van der Waals surface area contributed by atoms with Crippen LogP contribution in [0.3, 0.4) is 0 Å². The average molecular weight is 433 g/mol. The predicted octanol–water partition coefficient (Wildman–Crippen LogP) is 3.37. The van der Waals surface area contributed by atoms with Crippen LogP contribution in [0.4, 0.5) is 0 Å². The monoisotopic (exact) mass is 432 g/mol. The van der Waals surface area contributed by atoms with Gasteiger partial charge in [0, 0.05) is 19.4 Å². The molecular formula is C23H24N6OS. The predicted molar refractivity (Wildman–Crippen MR) is 121 cm³/mol. The number of carbonyl (C=O) groups excluding carboxylic acids is 1. The molecule has 0 aliphatic rings. The first-order valence-electron chi connectivity index (χ1n) is 10.00. The van der Waals surface area contributed by atoms with E-state index in [1.54, 1.807) is 6.20 Å². The number of nitrogens with one attached hydrogen (secondary N) is 1. The summed E-state index contributed by atoms with van der Waals surface area (Å²) >= 11 is 1.38. The zero-order chi connectivity index (χ0) is 21.6. The fraction of sp³-hybridized carbons (Fsp3) is 0.217. The van der Waals surface area contributed by atoms with Gasteiger partial charge in [-0.05, 0) is 18.1 Å². The smallest absolute Gasteiger partial charge is 0.231 e. The first-order chi connectivity index (χ1) is 15.1. The highest BCUT2D eigenvalue weighted by atomic mass is 32.2. The number of thioether (sulfide) groups is 1. The van der Waals surface area contributed by atoms with Crippen molar-refractivity contribution in [3.05, 3.63) is 95.8 Å². The summed E-state index contributed by atoms with van der Waals surface area (Å²) in [5.41, 5.74) is 2.15. The molecule has 2 aromatic heterocycles. The molecule has 0 saturated carbocycles. The fourth-order valence-corrected chi connectivity index (χ4v) is 4.14. The molecule has 7 nitrogen and oxygen atoms in total. The van der Waals surface area contributed by atoms with E-state index in [4.69, 9.17) is 0 Å². The van der Waals surface area contributed by atoms with Gasteiger partial charge in [0.15, 0.2) is 5.16 Å². The Hall–Kier alpha value is -3.39. The summed E-state index contributed by atoms with van der Waals surface area (Å²) in [7, 11) is 1.92. The van der Waals surface area contributed by atoms with Gasteiger partial charge in [0.1, 0.15) is 17.7 Å². The Labute approximate surface area is 185 Å². The van der Waals surface area contributed by atoms with Crippen molar-refractivity contribution < 1.29 is 4.79 Å². The maximum absolute atomic E-state index is 12.9. The van der Waals surface area contributed by atoms with E-state index < -0.39 is 0 Å². The molecule has 0 unspecified atom stereocenters. The number of amides is 1. The van der Waals surface area contributed by atoms with Gasteiger partial charge in [-0.3, -0.25) is 4.79 Å². The van der Waals surface area contributed by atoms with Crippen LogP contribution in [0.5, 0.6) is 0 Å². The van der Waals surface area contributed by atoms with Gasteiger partial charge in [-0.2, -0.15) is 0 Å². The summed E-state index contributed by atoms with van der Waals surface area (Å²) in [6, 6.07) is 19.7. The number of hydrogen-bond donors (Lipinski definition) is 1. The number of carbonyl (C=O) groups is 1. The van der Waals surface area contributed by atoms with Gasteiger partial charge in [0.25, 0.3) is 0 Å². The van der Waals surface area contributed by atoms with Crippen molar-refractivity contribution in [1.29, 1.82) is 0 Å². The Balaban J connectivity index is 1.46. The van der Waals surface area contributed by atoms with Crippen LogP contribution in [0.1, 0.15) is 28.8 Å². The maximum Gasteiger partial charge on any atom is 0.231 e. The molecule has 0 spiro atoms. The number of rotatable bonds is 8. The van der Waals surface area contributed by atoms with Crippen LogP contribution >= 0.6 is 11.8 Å². The molecule has 158 valence electrons. The van der Waals surface area contributed by atoms with Crippen molar-refractivity contribution in [1.82, 2.24) is 29.6 Å². The third-order valence-corrected chi connectivity index (χ3v) is 5.94. The van der Waals surface area contributed by atoms with Gasteiger partial charge in [-0.15, -0.1) is 10.2 Å². The lowest BCUT2D eigenvalue weighted by atomic mass is 10.1. The van der Waals surface area contributed by atoms with Crippen LogP contribution in [0.2, 0.25) is 0 Å². The fourth-order valence-electron chi connectivity index (χ4n) is 3.35. The molecule has 0 saturated heterocycles. The van der Waals surface area contributed by atoms with Gasteiger partial charge in [-0.1, -0.05) is 72.4 Å². The zero-order valence-corrected chi connectivity index (χ0v) is 18.3. The Morgan fingerprint density at radius 3 is 2.45 bits per heavy atom. The lowest BCUT2D eigenvalue weighted by Crippen LogP contribution is -2.32. The summed E-state index contributed by atoms with van der Waals surface area (Å²) in [6.45, 7) is 2.59. The lowest BCUT2D eigenvalue weighted by Gasteiger charge is -2.19. The van der Waals surface area contributed by atoms with E-state index >= 15 is 0 Å². The minimum atomic E-state index is -0.321. The molecule has 0 fully saturated rings. The van der Waals surface area contributed by atoms with Gasteiger partial charge >= 0.3 is 0 Å². The minimum Gasteiger partial charge on any atom is -0.341 e. The molecule has 2 aromatic carbocycles. The van der Waals surface area contributed by atoms with Gasteiger partial charge in [0.05, 0.1) is 12.3 Å². The number of imidazole rings is 1. The van der Waals surface area contributed by atoms with Crippen LogP contribution in [-0.4, -0.2) is 36.0 Å². The van der Waals surface area contributed by atoms with Crippen molar-refractivity contribution in [2.45, 2.75) is 24.7 Å². The number of nitrogens with zero attached hydrogens (tertiary/aromatic N) is 5. The van der Waals surface area contributed by atoms with Crippen LogP contribution in [-0.2, 0) is 18.4 Å². The average Bonchev–Trinajstić information content (AvgIpc) is 3.37. The molecule has 1 atom stereocenters. The van der Waals surface area contributed by atoms with Crippen molar-refractivity contribution >= 4 is 17.7 Å². The quantitative estimate of drug-likeness (QED) is 0.432. The minimum absolute atomic E-state index is 0.0891. The van der Waals surface area contributed by atoms with Crippen molar-refractivity contribution in [2.24, 2.45) is 7.05 Å².